The van der Waals surface area contributed by atoms with Gasteiger partial charge in [-0.3, -0.25) is 4.79 Å². The third-order valence-corrected chi connectivity index (χ3v) is 9.27. The summed E-state index contributed by atoms with van der Waals surface area (Å²) in [6, 6.07) is 7.74. The number of benzene rings is 2. The molecule has 2 aromatic carbocycles. The molecule has 0 radical (unpaired) electrons. The van der Waals surface area contributed by atoms with Crippen molar-refractivity contribution in [1.29, 1.82) is 0 Å². The van der Waals surface area contributed by atoms with Crippen LogP contribution in [0.15, 0.2) is 24.3 Å². The van der Waals surface area contributed by atoms with Crippen LogP contribution < -0.4 is 18.9 Å². The lowest BCUT2D eigenvalue weighted by Crippen LogP contribution is -2.38. The van der Waals surface area contributed by atoms with E-state index in [0.717, 1.165) is 42.9 Å². The highest BCUT2D eigenvalue weighted by Crippen LogP contribution is 2.56. The Hall–Kier alpha value is -2.59. The topological polar surface area (TPSA) is 89.9 Å². The monoisotopic (exact) mass is 624 g/mol. The van der Waals surface area contributed by atoms with Crippen LogP contribution >= 0.6 is 24.8 Å². The van der Waals surface area contributed by atoms with Crippen LogP contribution in [-0.4, -0.2) is 88.3 Å². The highest BCUT2D eigenvalue weighted by molar-refractivity contribution is 5.85. The average Bonchev–Trinajstić information content (AvgIpc) is 3.60. The highest BCUT2D eigenvalue weighted by atomic mass is 35.5. The number of ether oxygens (including phenoxy) is 5. The van der Waals surface area contributed by atoms with Crippen molar-refractivity contribution in [3.8, 4) is 28.7 Å². The molecular formula is C31H42Cl2N2O7. The Morgan fingerprint density at radius 2 is 1.57 bits per heavy atom. The molecule has 9 nitrogen and oxygen atoms in total. The fourth-order valence-electron chi connectivity index (χ4n) is 7.11. The van der Waals surface area contributed by atoms with Crippen LogP contribution in [-0.2, 0) is 9.53 Å². The number of piperidine rings is 1. The minimum atomic E-state index is -0.365. The van der Waals surface area contributed by atoms with Crippen molar-refractivity contribution in [2.75, 3.05) is 67.4 Å². The third-order valence-electron chi connectivity index (χ3n) is 9.27. The fourth-order valence-corrected chi connectivity index (χ4v) is 7.11. The van der Waals surface area contributed by atoms with E-state index in [1.165, 1.54) is 52.1 Å². The van der Waals surface area contributed by atoms with Gasteiger partial charge in [-0.1, -0.05) is 6.42 Å². The van der Waals surface area contributed by atoms with Gasteiger partial charge >= 0.3 is 5.97 Å². The van der Waals surface area contributed by atoms with Crippen molar-refractivity contribution in [1.82, 2.24) is 9.80 Å². The molecule has 2 saturated heterocycles. The maximum absolute atomic E-state index is 13.4. The van der Waals surface area contributed by atoms with Crippen molar-refractivity contribution in [2.45, 2.75) is 37.5 Å². The number of likely N-dealkylation sites (N-methyl/N-ethyl adjacent to an activating group) is 1. The number of hydrogen-bond donors (Lipinski definition) is 1. The van der Waals surface area contributed by atoms with E-state index in [-0.39, 0.29) is 67.0 Å². The molecule has 3 aliphatic heterocycles. The Morgan fingerprint density at radius 3 is 2.21 bits per heavy atom. The zero-order valence-electron chi connectivity index (χ0n) is 24.5. The number of esters is 1. The highest BCUT2D eigenvalue weighted by Gasteiger charge is 2.52. The summed E-state index contributed by atoms with van der Waals surface area (Å²) in [7, 11) is 5.21. The molecule has 1 aliphatic carbocycles. The SMILES string of the molecule is COc1cc([C@@H]2c3cc4c(cc3[C@@H](CCN(C)CCN3CCCCC3)C3COC(=O)[C@@H]32)OCO4)cc(OC)c1O.Cl.Cl. The summed E-state index contributed by atoms with van der Waals surface area (Å²) >= 11 is 0. The zero-order chi connectivity index (χ0) is 27.8. The minimum Gasteiger partial charge on any atom is -0.502 e. The van der Waals surface area contributed by atoms with Crippen LogP contribution in [0.4, 0.5) is 0 Å². The summed E-state index contributed by atoms with van der Waals surface area (Å²) in [6.07, 6.45) is 4.86. The predicted octanol–water partition coefficient (Wildman–Crippen LogP) is 4.81. The van der Waals surface area contributed by atoms with E-state index >= 15 is 0 Å². The van der Waals surface area contributed by atoms with Crippen molar-refractivity contribution in [3.05, 3.63) is 41.0 Å². The maximum atomic E-state index is 13.4. The lowest BCUT2D eigenvalue weighted by atomic mass is 9.62. The molecule has 2 aromatic rings. The Bertz CT molecular complexity index is 1230. The first-order valence-corrected chi connectivity index (χ1v) is 14.4. The molecule has 1 N–H and O–H groups in total. The predicted molar refractivity (Wildman–Crippen MR) is 163 cm³/mol. The van der Waals surface area contributed by atoms with Gasteiger partial charge in [-0.15, -0.1) is 24.8 Å². The number of cyclic esters (lactones) is 1. The molecule has 0 amide bonds. The van der Waals surface area contributed by atoms with Crippen LogP contribution in [0.3, 0.4) is 0 Å². The van der Waals surface area contributed by atoms with Crippen LogP contribution in [0.2, 0.25) is 0 Å². The number of methoxy groups -OCH3 is 2. The minimum absolute atomic E-state index is 0. The van der Waals surface area contributed by atoms with E-state index < -0.39 is 0 Å². The van der Waals surface area contributed by atoms with Crippen LogP contribution in [0.25, 0.3) is 0 Å². The number of nitrogens with zero attached hydrogens (tertiary/aromatic N) is 2. The first-order chi connectivity index (χ1) is 19.5. The van der Waals surface area contributed by atoms with Gasteiger partial charge in [0.2, 0.25) is 12.5 Å². The molecule has 4 aliphatic rings. The van der Waals surface area contributed by atoms with Crippen LogP contribution in [0.5, 0.6) is 28.7 Å². The Morgan fingerprint density at radius 1 is 0.929 bits per heavy atom. The van der Waals surface area contributed by atoms with Crippen LogP contribution in [0, 0.1) is 11.8 Å². The first kappa shape index (κ1) is 32.3. The van der Waals surface area contributed by atoms with Gasteiger partial charge in [0.1, 0.15) is 0 Å². The smallest absolute Gasteiger partial charge is 0.310 e. The second-order valence-electron chi connectivity index (χ2n) is 11.5. The second-order valence-corrected chi connectivity index (χ2v) is 11.5. The van der Waals surface area contributed by atoms with E-state index in [2.05, 4.69) is 22.9 Å². The van der Waals surface area contributed by atoms with E-state index in [1.54, 1.807) is 12.1 Å². The molecule has 11 heteroatoms. The van der Waals surface area contributed by atoms with Crippen molar-refractivity contribution < 1.29 is 33.6 Å². The molecule has 232 valence electrons. The first-order valence-electron chi connectivity index (χ1n) is 14.4. The summed E-state index contributed by atoms with van der Waals surface area (Å²) in [5.41, 5.74) is 3.03. The summed E-state index contributed by atoms with van der Waals surface area (Å²) in [6.45, 7) is 6.03. The van der Waals surface area contributed by atoms with Gasteiger partial charge < -0.3 is 38.6 Å². The Kier molecular flexibility index (Phi) is 10.6. The van der Waals surface area contributed by atoms with Crippen LogP contribution in [0.1, 0.15) is 54.2 Å². The number of fused-ring (bicyclic) bond motifs is 3. The van der Waals surface area contributed by atoms with Crippen molar-refractivity contribution in [3.63, 3.8) is 0 Å². The van der Waals surface area contributed by atoms with Gasteiger partial charge in [0.05, 0.1) is 26.7 Å². The Balaban J connectivity index is 0.00000202. The molecular weight excluding hydrogens is 583 g/mol. The second kappa shape index (κ2) is 13.8. The largest absolute Gasteiger partial charge is 0.502 e. The van der Waals surface area contributed by atoms with E-state index in [4.69, 9.17) is 23.7 Å². The molecule has 1 unspecified atom stereocenters. The van der Waals surface area contributed by atoms with Gasteiger partial charge in [-0.2, -0.15) is 0 Å². The fraction of sp³-hybridized carbons (Fsp3) is 0.581. The number of likely N-dealkylation sites (tertiary alicyclic amines) is 1. The molecule has 42 heavy (non-hydrogen) atoms. The number of halogens is 2. The molecule has 6 rings (SSSR count). The van der Waals surface area contributed by atoms with Gasteiger partial charge in [0.15, 0.2) is 23.0 Å². The van der Waals surface area contributed by atoms with Gasteiger partial charge in [-0.25, -0.2) is 0 Å². The van der Waals surface area contributed by atoms with E-state index in [9.17, 15) is 9.90 Å². The van der Waals surface area contributed by atoms with Gasteiger partial charge in [0.25, 0.3) is 0 Å². The summed E-state index contributed by atoms with van der Waals surface area (Å²) in [5.74, 6) is 1.26. The number of hydrogen-bond acceptors (Lipinski definition) is 9. The molecule has 0 aromatic heterocycles. The number of aromatic hydroxyl groups is 1. The van der Waals surface area contributed by atoms with E-state index in [0.29, 0.717) is 23.9 Å². The quantitative estimate of drug-likeness (QED) is 0.395. The van der Waals surface area contributed by atoms with Crippen molar-refractivity contribution in [2.24, 2.45) is 11.8 Å². The summed E-state index contributed by atoms with van der Waals surface area (Å²) < 4.78 is 28.3. The number of rotatable bonds is 9. The van der Waals surface area contributed by atoms with Gasteiger partial charge in [-0.05, 0) is 92.8 Å². The summed E-state index contributed by atoms with van der Waals surface area (Å²) in [5, 5.41) is 10.6. The number of carbonyl (C=O) groups excluding carboxylic acids is 1. The van der Waals surface area contributed by atoms with Crippen molar-refractivity contribution >= 4 is 30.8 Å². The lowest BCUT2D eigenvalue weighted by Gasteiger charge is -2.40. The normalized spacial score (nSPS) is 24.2. The standard InChI is InChI=1S/C31H40N2O7.2ClH/c1-32(11-12-33-8-5-4-6-9-33)10-7-20-21-15-24-25(40-18-39-24)16-22(21)28(29-23(20)17-38-31(29)35)19-13-26(36-2)30(34)27(14-19)37-3;;/h13-16,20,23,28-29,34H,4-12,17-18H2,1-3H3;2*1H/t20-,23?,28-,29+;;/m1../s1. The lowest BCUT2D eigenvalue weighted by molar-refractivity contribution is -0.141. The molecule has 3 heterocycles. The third kappa shape index (κ3) is 6.07. The Labute approximate surface area is 260 Å². The molecule has 0 saturated carbocycles. The average molecular weight is 626 g/mol. The molecule has 2 fully saturated rings. The summed E-state index contributed by atoms with van der Waals surface area (Å²) in [4.78, 5) is 18.3. The molecule has 0 spiro atoms. The maximum Gasteiger partial charge on any atom is 0.310 e. The van der Waals surface area contributed by atoms with E-state index in [1.807, 2.05) is 6.07 Å². The molecule has 4 atom stereocenters. The van der Waals surface area contributed by atoms with Gasteiger partial charge in [0, 0.05) is 24.9 Å². The zero-order valence-corrected chi connectivity index (χ0v) is 26.1. The number of phenolic OH excluding ortho intramolecular Hbond substituents is 1. The number of phenols is 1. The number of carbonyl (C=O) groups is 1. The molecule has 0 bridgehead atoms.